The molecule has 2 rings (SSSR count). The summed E-state index contributed by atoms with van der Waals surface area (Å²) < 4.78 is 0. The van der Waals surface area contributed by atoms with Crippen molar-refractivity contribution in [2.75, 3.05) is 13.6 Å². The molecule has 1 unspecified atom stereocenters. The fourth-order valence-corrected chi connectivity index (χ4v) is 2.11. The molecule has 0 spiro atoms. The summed E-state index contributed by atoms with van der Waals surface area (Å²) in [4.78, 5) is 6.56. The van der Waals surface area contributed by atoms with Crippen LogP contribution in [-0.2, 0) is 0 Å². The van der Waals surface area contributed by atoms with Gasteiger partial charge in [0.25, 0.3) is 0 Å². The van der Waals surface area contributed by atoms with Crippen molar-refractivity contribution in [3.63, 3.8) is 0 Å². The quantitative estimate of drug-likeness (QED) is 0.622. The van der Waals surface area contributed by atoms with Crippen molar-refractivity contribution < 1.29 is 0 Å². The molecule has 1 aliphatic rings. The number of terminal acetylenes is 1. The minimum Gasteiger partial charge on any atom is -0.299 e. The normalized spacial score (nSPS) is 22.1. The summed E-state index contributed by atoms with van der Waals surface area (Å²) in [6.45, 7) is 1.16. The molecule has 2 heteroatoms. The second kappa shape index (κ2) is 3.81. The van der Waals surface area contributed by atoms with Crippen LogP contribution in [0.25, 0.3) is 0 Å². The molecule has 0 bridgehead atoms. The fourth-order valence-electron chi connectivity index (χ4n) is 2.11. The first-order chi connectivity index (χ1) is 6.83. The van der Waals surface area contributed by atoms with Crippen LogP contribution < -0.4 is 0 Å². The number of aromatic nitrogens is 1. The Morgan fingerprint density at radius 1 is 1.64 bits per heavy atom. The van der Waals surface area contributed by atoms with Crippen LogP contribution in [0.1, 0.15) is 30.1 Å². The van der Waals surface area contributed by atoms with E-state index in [4.69, 9.17) is 6.42 Å². The molecule has 0 N–H and O–H groups in total. The van der Waals surface area contributed by atoms with Crippen LogP contribution in [0, 0.1) is 12.3 Å². The number of pyridine rings is 1. The summed E-state index contributed by atoms with van der Waals surface area (Å²) in [5.41, 5.74) is 2.00. The highest BCUT2D eigenvalue weighted by Crippen LogP contribution is 2.31. The molecule has 0 aliphatic carbocycles. The lowest BCUT2D eigenvalue weighted by Gasteiger charge is -2.20. The maximum absolute atomic E-state index is 5.43. The van der Waals surface area contributed by atoms with Crippen LogP contribution in [0.15, 0.2) is 18.3 Å². The van der Waals surface area contributed by atoms with Crippen LogP contribution in [0.4, 0.5) is 0 Å². The van der Waals surface area contributed by atoms with Gasteiger partial charge in [0, 0.05) is 17.8 Å². The number of hydrogen-bond acceptors (Lipinski definition) is 2. The molecule has 14 heavy (non-hydrogen) atoms. The predicted octanol–water partition coefficient (Wildman–Crippen LogP) is 1.83. The van der Waals surface area contributed by atoms with E-state index in [9.17, 15) is 0 Å². The molecule has 0 aromatic carbocycles. The molecule has 0 amide bonds. The first-order valence-corrected chi connectivity index (χ1v) is 4.94. The Morgan fingerprint density at radius 3 is 3.14 bits per heavy atom. The number of likely N-dealkylation sites (tertiary alicyclic amines) is 1. The van der Waals surface area contributed by atoms with Gasteiger partial charge in [-0.2, -0.15) is 0 Å². The molecule has 1 aliphatic heterocycles. The number of hydrogen-bond donors (Lipinski definition) is 0. The van der Waals surface area contributed by atoms with Gasteiger partial charge in [-0.1, -0.05) is 6.07 Å². The molecule has 1 fully saturated rings. The number of nitrogens with zero attached hydrogens (tertiary/aromatic N) is 2. The molecular weight excluding hydrogens is 172 g/mol. The van der Waals surface area contributed by atoms with Crippen molar-refractivity contribution in [1.29, 1.82) is 0 Å². The summed E-state index contributed by atoms with van der Waals surface area (Å²) >= 11 is 0. The highest BCUT2D eigenvalue weighted by atomic mass is 15.1. The van der Waals surface area contributed by atoms with E-state index >= 15 is 0 Å². The monoisotopic (exact) mass is 186 g/mol. The van der Waals surface area contributed by atoms with Crippen LogP contribution in [0.5, 0.6) is 0 Å². The maximum atomic E-state index is 5.43. The SMILES string of the molecule is C#Cc1ncccc1C1CCCN1C. The predicted molar refractivity (Wildman–Crippen MR) is 56.8 cm³/mol. The molecular formula is C12H14N2. The first-order valence-electron chi connectivity index (χ1n) is 4.94. The third kappa shape index (κ3) is 1.51. The van der Waals surface area contributed by atoms with Gasteiger partial charge in [-0.25, -0.2) is 4.98 Å². The highest BCUT2D eigenvalue weighted by Gasteiger charge is 2.24. The van der Waals surface area contributed by atoms with Crippen molar-refractivity contribution >= 4 is 0 Å². The average molecular weight is 186 g/mol. The van der Waals surface area contributed by atoms with E-state index in [0.717, 1.165) is 12.2 Å². The van der Waals surface area contributed by atoms with Crippen molar-refractivity contribution in [3.05, 3.63) is 29.6 Å². The lowest BCUT2D eigenvalue weighted by Crippen LogP contribution is -2.18. The Morgan fingerprint density at radius 2 is 2.50 bits per heavy atom. The highest BCUT2D eigenvalue weighted by molar-refractivity contribution is 5.35. The second-order valence-electron chi connectivity index (χ2n) is 3.72. The molecule has 1 aromatic heterocycles. The molecule has 1 aromatic rings. The minimum absolute atomic E-state index is 0.467. The number of rotatable bonds is 1. The smallest absolute Gasteiger partial charge is 0.117 e. The van der Waals surface area contributed by atoms with Gasteiger partial charge >= 0.3 is 0 Å². The summed E-state index contributed by atoms with van der Waals surface area (Å²) in [6, 6.07) is 4.52. The molecule has 2 heterocycles. The maximum Gasteiger partial charge on any atom is 0.117 e. The van der Waals surface area contributed by atoms with Crippen molar-refractivity contribution in [2.24, 2.45) is 0 Å². The van der Waals surface area contributed by atoms with Crippen LogP contribution in [0.2, 0.25) is 0 Å². The average Bonchev–Trinajstić information content (AvgIpc) is 2.64. The van der Waals surface area contributed by atoms with Gasteiger partial charge in [-0.3, -0.25) is 4.90 Å². The Hall–Kier alpha value is -1.33. The van der Waals surface area contributed by atoms with Crippen molar-refractivity contribution in [3.8, 4) is 12.3 Å². The Balaban J connectivity index is 2.36. The summed E-state index contributed by atoms with van der Waals surface area (Å²) in [7, 11) is 2.14. The summed E-state index contributed by atoms with van der Waals surface area (Å²) in [5, 5.41) is 0. The van der Waals surface area contributed by atoms with Gasteiger partial charge in [0.05, 0.1) is 0 Å². The van der Waals surface area contributed by atoms with Crippen LogP contribution in [-0.4, -0.2) is 23.5 Å². The van der Waals surface area contributed by atoms with E-state index in [1.54, 1.807) is 6.20 Å². The zero-order valence-corrected chi connectivity index (χ0v) is 8.40. The third-order valence-corrected chi connectivity index (χ3v) is 2.86. The fraction of sp³-hybridized carbons (Fsp3) is 0.417. The zero-order chi connectivity index (χ0) is 9.97. The van der Waals surface area contributed by atoms with E-state index in [1.165, 1.54) is 18.4 Å². The Kier molecular flexibility index (Phi) is 2.51. The minimum atomic E-state index is 0.467. The molecule has 0 saturated carbocycles. The van der Waals surface area contributed by atoms with Gasteiger partial charge in [-0.15, -0.1) is 6.42 Å². The second-order valence-corrected chi connectivity index (χ2v) is 3.72. The summed E-state index contributed by atoms with van der Waals surface area (Å²) in [6.07, 6.45) is 9.63. The van der Waals surface area contributed by atoms with E-state index in [2.05, 4.69) is 28.9 Å². The lowest BCUT2D eigenvalue weighted by atomic mass is 10.0. The molecule has 1 saturated heterocycles. The van der Waals surface area contributed by atoms with Gasteiger partial charge in [0.1, 0.15) is 5.69 Å². The lowest BCUT2D eigenvalue weighted by molar-refractivity contribution is 0.316. The van der Waals surface area contributed by atoms with Crippen molar-refractivity contribution in [2.45, 2.75) is 18.9 Å². The zero-order valence-electron chi connectivity index (χ0n) is 8.40. The van der Waals surface area contributed by atoms with E-state index in [1.807, 2.05) is 6.07 Å². The Labute approximate surface area is 85.0 Å². The van der Waals surface area contributed by atoms with Crippen molar-refractivity contribution in [1.82, 2.24) is 9.88 Å². The van der Waals surface area contributed by atoms with E-state index in [0.29, 0.717) is 6.04 Å². The van der Waals surface area contributed by atoms with E-state index < -0.39 is 0 Å². The molecule has 1 atom stereocenters. The Bertz CT molecular complexity index is 365. The first kappa shape index (κ1) is 9.23. The third-order valence-electron chi connectivity index (χ3n) is 2.86. The topological polar surface area (TPSA) is 16.1 Å². The largest absolute Gasteiger partial charge is 0.299 e. The van der Waals surface area contributed by atoms with Gasteiger partial charge in [-0.05, 0) is 38.4 Å². The molecule has 72 valence electrons. The standard InChI is InChI=1S/C12H14N2/c1-3-11-10(6-4-8-13-11)12-7-5-9-14(12)2/h1,4,6,8,12H,5,7,9H2,2H3. The summed E-state index contributed by atoms with van der Waals surface area (Å²) in [5.74, 6) is 2.66. The molecule has 2 nitrogen and oxygen atoms in total. The van der Waals surface area contributed by atoms with E-state index in [-0.39, 0.29) is 0 Å². The van der Waals surface area contributed by atoms with Crippen LogP contribution >= 0.6 is 0 Å². The van der Waals surface area contributed by atoms with Crippen LogP contribution in [0.3, 0.4) is 0 Å². The van der Waals surface area contributed by atoms with Gasteiger partial charge in [0.15, 0.2) is 0 Å². The van der Waals surface area contributed by atoms with Gasteiger partial charge < -0.3 is 0 Å². The van der Waals surface area contributed by atoms with Gasteiger partial charge in [0.2, 0.25) is 0 Å². The molecule has 0 radical (unpaired) electrons.